The van der Waals surface area contributed by atoms with Crippen LogP contribution in [0.5, 0.6) is 11.5 Å². The Morgan fingerprint density at radius 1 is 0.976 bits per heavy atom. The Hall–Kier alpha value is -3.47. The van der Waals surface area contributed by atoms with E-state index in [1.165, 1.54) is 4.90 Å². The predicted molar refractivity (Wildman–Crippen MR) is 155 cm³/mol. The number of amides is 3. The Kier molecular flexibility index (Phi) is 10.4. The normalized spacial score (nSPS) is 22.8. The number of ether oxygens (including phenoxy) is 3. The van der Waals surface area contributed by atoms with E-state index in [4.69, 9.17) is 14.2 Å². The van der Waals surface area contributed by atoms with Gasteiger partial charge in [-0.2, -0.15) is 0 Å². The standard InChI is InChI=1S/C32H41N3O7/c36-16-2-14-34-21-30(37)33-28-20-35(32(39)25-12-17-40-18-13-25)15-11-29(28)41-22-24-3-1-4-27(19-24)42-26-8-5-23(6-9-26)7-10-31(34)38/h1,3-6,8-9,19,25,28-29,36H,2,7,10-18,20-22H2,(H,33,37)/t28-,29-/m0/s1. The molecular formula is C32H41N3O7. The van der Waals surface area contributed by atoms with Crippen molar-refractivity contribution < 1.29 is 33.7 Å². The van der Waals surface area contributed by atoms with Crippen LogP contribution < -0.4 is 10.1 Å². The molecule has 10 heteroatoms. The summed E-state index contributed by atoms with van der Waals surface area (Å²) < 4.78 is 17.9. The zero-order valence-corrected chi connectivity index (χ0v) is 24.0. The van der Waals surface area contributed by atoms with Crippen LogP contribution in [-0.2, 0) is 36.9 Å². The molecule has 2 aromatic rings. The third-order valence-electron chi connectivity index (χ3n) is 8.20. The van der Waals surface area contributed by atoms with Gasteiger partial charge in [0.2, 0.25) is 17.7 Å². The molecule has 2 saturated heterocycles. The maximum absolute atomic E-state index is 13.4. The molecule has 3 amide bonds. The molecule has 226 valence electrons. The number of nitrogens with one attached hydrogen (secondary N) is 1. The Labute approximate surface area is 246 Å². The van der Waals surface area contributed by atoms with Gasteiger partial charge in [-0.1, -0.05) is 24.3 Å². The van der Waals surface area contributed by atoms with Crippen molar-refractivity contribution in [1.29, 1.82) is 0 Å². The molecule has 10 nitrogen and oxygen atoms in total. The van der Waals surface area contributed by atoms with Crippen LogP contribution in [0.15, 0.2) is 48.5 Å². The van der Waals surface area contributed by atoms with E-state index in [0.717, 1.165) is 11.1 Å². The highest BCUT2D eigenvalue weighted by atomic mass is 16.5. The summed E-state index contributed by atoms with van der Waals surface area (Å²) in [7, 11) is 0. The van der Waals surface area contributed by atoms with Gasteiger partial charge in [0.05, 0.1) is 25.3 Å². The number of nitrogens with zero attached hydrogens (tertiary/aromatic N) is 2. The highest BCUT2D eigenvalue weighted by Gasteiger charge is 2.36. The van der Waals surface area contributed by atoms with Crippen LogP contribution in [0.25, 0.3) is 0 Å². The van der Waals surface area contributed by atoms with Crippen molar-refractivity contribution in [3.63, 3.8) is 0 Å². The van der Waals surface area contributed by atoms with E-state index < -0.39 is 6.04 Å². The van der Waals surface area contributed by atoms with Crippen molar-refractivity contribution in [2.45, 2.75) is 57.3 Å². The molecule has 6 rings (SSSR count). The molecular weight excluding hydrogens is 538 g/mol. The van der Waals surface area contributed by atoms with E-state index in [1.807, 2.05) is 53.4 Å². The smallest absolute Gasteiger partial charge is 0.239 e. The topological polar surface area (TPSA) is 118 Å². The van der Waals surface area contributed by atoms with E-state index in [1.54, 1.807) is 0 Å². The summed E-state index contributed by atoms with van der Waals surface area (Å²) in [5.74, 6) is 0.955. The van der Waals surface area contributed by atoms with Crippen LogP contribution in [0.4, 0.5) is 0 Å². The fraction of sp³-hybridized carbons (Fsp3) is 0.531. The number of carbonyl (C=O) groups is 3. The molecule has 0 spiro atoms. The molecule has 4 bridgehead atoms. The Morgan fingerprint density at radius 3 is 2.57 bits per heavy atom. The number of benzene rings is 2. The molecule has 0 aromatic heterocycles. The summed E-state index contributed by atoms with van der Waals surface area (Å²) in [5.41, 5.74) is 1.93. The van der Waals surface area contributed by atoms with Gasteiger partial charge in [-0.05, 0) is 67.5 Å². The minimum atomic E-state index is -0.429. The van der Waals surface area contributed by atoms with Crippen molar-refractivity contribution in [2.24, 2.45) is 5.92 Å². The first-order chi connectivity index (χ1) is 20.5. The van der Waals surface area contributed by atoms with Gasteiger partial charge in [-0.15, -0.1) is 0 Å². The average molecular weight is 580 g/mol. The molecule has 0 radical (unpaired) electrons. The number of rotatable bonds is 4. The Morgan fingerprint density at radius 2 is 1.79 bits per heavy atom. The number of hydrogen-bond acceptors (Lipinski definition) is 7. The fourth-order valence-electron chi connectivity index (χ4n) is 5.82. The summed E-state index contributed by atoms with van der Waals surface area (Å²) >= 11 is 0. The summed E-state index contributed by atoms with van der Waals surface area (Å²) in [5, 5.41) is 12.5. The molecule has 0 aliphatic carbocycles. The van der Waals surface area contributed by atoms with E-state index >= 15 is 0 Å². The van der Waals surface area contributed by atoms with Crippen LogP contribution in [0, 0.1) is 5.92 Å². The Bertz CT molecular complexity index is 1210. The second kappa shape index (κ2) is 14.6. The maximum Gasteiger partial charge on any atom is 0.239 e. The number of fused-ring (bicyclic) bond motifs is 9. The summed E-state index contributed by atoms with van der Waals surface area (Å²) in [6.45, 7) is 2.47. The number of likely N-dealkylation sites (tertiary alicyclic amines) is 1. The first kappa shape index (κ1) is 30.0. The van der Waals surface area contributed by atoms with Crippen molar-refractivity contribution in [2.75, 3.05) is 46.0 Å². The van der Waals surface area contributed by atoms with Gasteiger partial charge in [0.25, 0.3) is 0 Å². The molecule has 4 heterocycles. The quantitative estimate of drug-likeness (QED) is 0.572. The molecule has 2 N–H and O–H groups in total. The highest BCUT2D eigenvalue weighted by Crippen LogP contribution is 2.26. The molecule has 2 atom stereocenters. The predicted octanol–water partition coefficient (Wildman–Crippen LogP) is 2.67. The lowest BCUT2D eigenvalue weighted by atomic mass is 9.95. The van der Waals surface area contributed by atoms with Gasteiger partial charge in [0.15, 0.2) is 0 Å². The highest BCUT2D eigenvalue weighted by molar-refractivity contribution is 5.85. The van der Waals surface area contributed by atoms with Gasteiger partial charge in [-0.3, -0.25) is 14.4 Å². The van der Waals surface area contributed by atoms with Gasteiger partial charge in [0.1, 0.15) is 11.5 Å². The number of carbonyl (C=O) groups excluding carboxylic acids is 3. The van der Waals surface area contributed by atoms with Crippen molar-refractivity contribution >= 4 is 17.7 Å². The lowest BCUT2D eigenvalue weighted by Gasteiger charge is -2.40. The van der Waals surface area contributed by atoms with E-state index in [-0.39, 0.29) is 55.9 Å². The first-order valence-corrected chi connectivity index (χ1v) is 15.0. The lowest BCUT2D eigenvalue weighted by Crippen LogP contribution is -2.59. The van der Waals surface area contributed by atoms with Crippen molar-refractivity contribution in [3.8, 4) is 11.5 Å². The zero-order valence-electron chi connectivity index (χ0n) is 24.0. The van der Waals surface area contributed by atoms with Crippen molar-refractivity contribution in [3.05, 3.63) is 59.7 Å². The average Bonchev–Trinajstić information content (AvgIpc) is 3.02. The van der Waals surface area contributed by atoms with Gasteiger partial charge in [-0.25, -0.2) is 0 Å². The maximum atomic E-state index is 13.4. The second-order valence-corrected chi connectivity index (χ2v) is 11.3. The molecule has 0 saturated carbocycles. The molecule has 2 fully saturated rings. The SMILES string of the molecule is O=C1CN(CCCO)C(=O)CCc2ccc(cc2)Oc2cccc(c2)CO[C@H]2CCN(C(=O)C3CCOCC3)C[C@@H]2N1. The molecule has 42 heavy (non-hydrogen) atoms. The lowest BCUT2D eigenvalue weighted by molar-refractivity contribution is -0.144. The van der Waals surface area contributed by atoms with Crippen LogP contribution in [0.3, 0.4) is 0 Å². The number of piperidine rings is 1. The molecule has 2 aromatic carbocycles. The van der Waals surface area contributed by atoms with Gasteiger partial charge < -0.3 is 34.4 Å². The largest absolute Gasteiger partial charge is 0.457 e. The fourth-order valence-corrected chi connectivity index (χ4v) is 5.82. The van der Waals surface area contributed by atoms with Crippen LogP contribution in [0.2, 0.25) is 0 Å². The molecule has 0 unspecified atom stereocenters. The number of aryl methyl sites for hydroxylation is 1. The van der Waals surface area contributed by atoms with Crippen molar-refractivity contribution in [1.82, 2.24) is 15.1 Å². The summed E-state index contributed by atoms with van der Waals surface area (Å²) in [6.07, 6.45) is 2.82. The van der Waals surface area contributed by atoms with E-state index in [9.17, 15) is 19.5 Å². The summed E-state index contributed by atoms with van der Waals surface area (Å²) in [6, 6.07) is 14.9. The van der Waals surface area contributed by atoms with Crippen LogP contribution >= 0.6 is 0 Å². The molecule has 4 aliphatic rings. The minimum Gasteiger partial charge on any atom is -0.457 e. The first-order valence-electron chi connectivity index (χ1n) is 15.0. The monoisotopic (exact) mass is 579 g/mol. The Balaban J connectivity index is 1.36. The van der Waals surface area contributed by atoms with Crippen LogP contribution in [0.1, 0.15) is 43.2 Å². The zero-order chi connectivity index (χ0) is 29.3. The third kappa shape index (κ3) is 8.08. The van der Waals surface area contributed by atoms with Crippen LogP contribution in [-0.4, -0.2) is 90.8 Å². The van der Waals surface area contributed by atoms with E-state index in [2.05, 4.69) is 5.32 Å². The number of aliphatic hydroxyl groups excluding tert-OH is 1. The summed E-state index contributed by atoms with van der Waals surface area (Å²) in [4.78, 5) is 43.2. The molecule has 4 aliphatic heterocycles. The van der Waals surface area contributed by atoms with Gasteiger partial charge in [0, 0.05) is 51.8 Å². The third-order valence-corrected chi connectivity index (χ3v) is 8.20. The van der Waals surface area contributed by atoms with E-state index in [0.29, 0.717) is 76.5 Å². The number of hydrogen-bond donors (Lipinski definition) is 2. The minimum absolute atomic E-state index is 0.0699. The van der Waals surface area contributed by atoms with Gasteiger partial charge >= 0.3 is 0 Å². The second-order valence-electron chi connectivity index (χ2n) is 11.3. The number of aliphatic hydroxyl groups is 1.